The first kappa shape index (κ1) is 46.5. The van der Waals surface area contributed by atoms with Gasteiger partial charge >= 0.3 is 35.5 Å². The lowest BCUT2D eigenvalue weighted by atomic mass is 9.68. The molecule has 4 aliphatic heterocycles. The van der Waals surface area contributed by atoms with E-state index in [0.717, 1.165) is 23.5 Å². The third-order valence-corrected chi connectivity index (χ3v) is 23.0. The topological polar surface area (TPSA) is 0 Å². The van der Waals surface area contributed by atoms with Crippen molar-refractivity contribution in [2.45, 2.75) is 110 Å². The number of fused-ring (bicyclic) bond motifs is 8. The lowest BCUT2D eigenvalue weighted by Crippen LogP contribution is -2.49. The zero-order valence-corrected chi connectivity index (χ0v) is 40.5. The molecule has 0 spiro atoms. The summed E-state index contributed by atoms with van der Waals surface area (Å²) in [7, 11) is 0. The molecule has 0 aromatic heterocycles. The number of hydrogen-bond donors (Lipinski definition) is 0. The zero-order chi connectivity index (χ0) is 49.3. The van der Waals surface area contributed by atoms with Crippen molar-refractivity contribution in [3.05, 3.63) is 174 Å². The molecular weight excluding hydrogens is 981 g/mol. The van der Waals surface area contributed by atoms with E-state index >= 15 is 52.7 Å². The van der Waals surface area contributed by atoms with Gasteiger partial charge in [0.1, 0.15) is 0 Å². The summed E-state index contributed by atoms with van der Waals surface area (Å²) in [5, 5.41) is 0. The van der Waals surface area contributed by atoms with Crippen LogP contribution >= 0.6 is 47.0 Å². The van der Waals surface area contributed by atoms with Gasteiger partial charge in [-0.2, -0.15) is 52.7 Å². The van der Waals surface area contributed by atoms with Gasteiger partial charge in [-0.15, -0.1) is 47.0 Å². The summed E-state index contributed by atoms with van der Waals surface area (Å²) in [5.74, 6) is -32.5. The van der Waals surface area contributed by atoms with Crippen LogP contribution in [-0.2, 0) is 0 Å². The fraction of sp³-hybridized carbons (Fsp3) is 0.346. The maximum atomic E-state index is 16.3. The molecule has 3 aromatic carbocycles. The van der Waals surface area contributed by atoms with Crippen molar-refractivity contribution in [2.75, 3.05) is 0 Å². The molecule has 68 heavy (non-hydrogen) atoms. The Morgan fingerprint density at radius 3 is 0.676 bits per heavy atom. The highest BCUT2D eigenvalue weighted by Crippen LogP contribution is 2.80. The maximum absolute atomic E-state index is 16.3. The molecule has 0 bridgehead atoms. The van der Waals surface area contributed by atoms with Crippen LogP contribution in [0, 0.1) is 0 Å². The first-order chi connectivity index (χ1) is 31.4. The van der Waals surface area contributed by atoms with E-state index in [1.807, 2.05) is 0 Å². The van der Waals surface area contributed by atoms with Gasteiger partial charge in [0, 0.05) is 41.9 Å². The summed E-state index contributed by atoms with van der Waals surface area (Å²) in [6, 6.07) is 23.8. The molecule has 11 rings (SSSR count). The highest BCUT2D eigenvalue weighted by atomic mass is 32.2. The van der Waals surface area contributed by atoms with Crippen LogP contribution in [0.4, 0.5) is 52.7 Å². The number of hydrogen-bond acceptors (Lipinski definition) is 4. The van der Waals surface area contributed by atoms with Gasteiger partial charge in [-0.1, -0.05) is 84.9 Å². The van der Waals surface area contributed by atoms with Crippen molar-refractivity contribution < 1.29 is 52.7 Å². The van der Waals surface area contributed by atoms with Crippen molar-refractivity contribution in [3.63, 3.8) is 0 Å². The lowest BCUT2D eigenvalue weighted by molar-refractivity contribution is -0.258. The van der Waals surface area contributed by atoms with Gasteiger partial charge in [0.25, 0.3) is 0 Å². The third-order valence-electron chi connectivity index (χ3n) is 15.6. The Morgan fingerprint density at radius 2 is 0.471 bits per heavy atom. The Bertz CT molecular complexity index is 2940. The monoisotopic (exact) mass is 1020 g/mol. The van der Waals surface area contributed by atoms with E-state index in [1.54, 1.807) is 113 Å². The molecule has 0 radical (unpaired) electrons. The van der Waals surface area contributed by atoms with E-state index in [1.165, 1.54) is 51.2 Å². The molecule has 4 unspecified atom stereocenters. The third kappa shape index (κ3) is 4.97. The van der Waals surface area contributed by atoms with E-state index in [-0.39, 0.29) is 44.6 Å². The van der Waals surface area contributed by atoms with E-state index in [0.29, 0.717) is 41.9 Å². The molecule has 354 valence electrons. The molecule has 16 heteroatoms. The van der Waals surface area contributed by atoms with Gasteiger partial charge in [-0.25, -0.2) is 0 Å². The van der Waals surface area contributed by atoms with Crippen molar-refractivity contribution in [3.8, 4) is 0 Å². The van der Waals surface area contributed by atoms with E-state index in [2.05, 4.69) is 0 Å². The predicted molar refractivity (Wildman–Crippen MR) is 251 cm³/mol. The Kier molecular flexibility index (Phi) is 9.27. The van der Waals surface area contributed by atoms with Gasteiger partial charge in [0.2, 0.25) is 0 Å². The maximum Gasteiger partial charge on any atom is 0.380 e. The molecule has 0 saturated heterocycles. The van der Waals surface area contributed by atoms with Gasteiger partial charge in [-0.3, -0.25) is 0 Å². The molecule has 0 amide bonds. The average molecular weight is 1020 g/mol. The number of allylic oxidation sites excluding steroid dienone is 8. The van der Waals surface area contributed by atoms with Crippen molar-refractivity contribution in [1.82, 2.24) is 0 Å². The number of alkyl halides is 12. The molecule has 4 heterocycles. The van der Waals surface area contributed by atoms with E-state index < -0.39 is 76.8 Å². The van der Waals surface area contributed by atoms with Crippen molar-refractivity contribution in [2.24, 2.45) is 0 Å². The summed E-state index contributed by atoms with van der Waals surface area (Å²) in [6.45, 7) is 12.4. The smallest absolute Gasteiger partial charge is 0.194 e. The van der Waals surface area contributed by atoms with Gasteiger partial charge in [-0.05, 0) is 122 Å². The molecule has 4 aliphatic carbocycles. The standard InChI is InChI=1S/C52H38F12S4/c1-23-31-35-37(49(57,58)51(61,62)47(35,53)54)33-25(3)41(67-45(33,7)43(31,5)65-39(23)27-15-11-9-12-16-27)29-19-21-30(22-20-29)42-26(4)34-38-36(48(55,56)52(63,64)50(38,59)60)32-24(2)40(28-17-13-10-14-18-28)66-44(32,6)46(34,8)68-42/h9-22H,1-8H3. The van der Waals surface area contributed by atoms with E-state index in [9.17, 15) is 0 Å². The molecule has 2 fully saturated rings. The van der Waals surface area contributed by atoms with Crippen LogP contribution in [0.15, 0.2) is 152 Å². The summed E-state index contributed by atoms with van der Waals surface area (Å²) >= 11 is 4.56. The van der Waals surface area contributed by atoms with E-state index in [4.69, 9.17) is 0 Å². The molecule has 3 aromatic rings. The van der Waals surface area contributed by atoms with Crippen LogP contribution in [0.5, 0.6) is 0 Å². The second-order valence-electron chi connectivity index (χ2n) is 19.1. The zero-order valence-electron chi connectivity index (χ0n) is 37.3. The van der Waals surface area contributed by atoms with Crippen molar-refractivity contribution >= 4 is 66.7 Å². The van der Waals surface area contributed by atoms with Crippen LogP contribution in [-0.4, -0.2) is 54.5 Å². The number of benzene rings is 3. The van der Waals surface area contributed by atoms with Crippen molar-refractivity contribution in [1.29, 1.82) is 0 Å². The van der Waals surface area contributed by atoms with Gasteiger partial charge in [0.15, 0.2) is 0 Å². The van der Waals surface area contributed by atoms with Gasteiger partial charge < -0.3 is 0 Å². The highest BCUT2D eigenvalue weighted by molar-refractivity contribution is 8.14. The molecule has 8 aliphatic rings. The fourth-order valence-corrected chi connectivity index (χ4v) is 18.9. The first-order valence-electron chi connectivity index (χ1n) is 21.5. The van der Waals surface area contributed by atoms with Crippen LogP contribution in [0.25, 0.3) is 19.6 Å². The van der Waals surface area contributed by atoms with Gasteiger partial charge in [0.05, 0.1) is 19.0 Å². The largest absolute Gasteiger partial charge is 0.380 e. The summed E-state index contributed by atoms with van der Waals surface area (Å²) < 4.78 is 187. The summed E-state index contributed by atoms with van der Waals surface area (Å²) in [6.07, 6.45) is 0. The Hall–Kier alpha value is -3.86. The summed E-state index contributed by atoms with van der Waals surface area (Å²) in [5.41, 5.74) is -3.95. The van der Waals surface area contributed by atoms with Crippen LogP contribution in [0.3, 0.4) is 0 Å². The fourth-order valence-electron chi connectivity index (χ4n) is 12.1. The minimum atomic E-state index is -5.75. The Labute approximate surface area is 401 Å². The van der Waals surface area contributed by atoms with Crippen LogP contribution in [0.2, 0.25) is 0 Å². The van der Waals surface area contributed by atoms with Crippen LogP contribution in [0.1, 0.15) is 77.6 Å². The molecule has 4 atom stereocenters. The molecule has 2 saturated carbocycles. The predicted octanol–water partition coefficient (Wildman–Crippen LogP) is 17.1. The normalized spacial score (nSPS) is 33.2. The quantitative estimate of drug-likeness (QED) is 0.239. The number of halogens is 12. The highest BCUT2D eigenvalue weighted by Gasteiger charge is 2.86. The first-order valence-corrected chi connectivity index (χ1v) is 24.8. The van der Waals surface area contributed by atoms with Crippen LogP contribution < -0.4 is 0 Å². The molecule has 0 nitrogen and oxygen atoms in total. The number of thioether (sulfide) groups is 4. The second kappa shape index (κ2) is 13.5. The Morgan fingerprint density at radius 1 is 0.279 bits per heavy atom. The minimum absolute atomic E-state index is 0.105. The molecular formula is C52H38F12S4. The molecule has 0 N–H and O–H groups in total. The summed E-state index contributed by atoms with van der Waals surface area (Å²) in [4.78, 5) is 1.71. The lowest BCUT2D eigenvalue weighted by Gasteiger charge is -2.48. The minimum Gasteiger partial charge on any atom is -0.194 e. The number of rotatable bonds is 4. The SMILES string of the molecule is CC1=C(c2ccccc2)SC2(C)C1=C1C(=C3C(C)=C(c4ccc(C5=C(C)C6=C7C(=C8C(C)=C(c9ccccc9)SC8(C)C6(C)S5)C(F)(F)C(F)(F)C7(F)F)cc4)SC32C)C(F)(F)C(F)(F)C1(F)F. The second-order valence-corrected chi connectivity index (χ2v) is 24.8. The average Bonchev–Trinajstić information content (AvgIpc) is 3.97. The Balaban J connectivity index is 1.05.